The van der Waals surface area contributed by atoms with Crippen LogP contribution in [-0.2, 0) is 0 Å². The lowest BCUT2D eigenvalue weighted by Crippen LogP contribution is -2.16. The number of aromatic nitrogens is 2. The number of hydrogen-bond acceptors (Lipinski definition) is 3. The predicted octanol–water partition coefficient (Wildman–Crippen LogP) is 3.40. The maximum absolute atomic E-state index is 5.78. The van der Waals surface area contributed by atoms with Crippen molar-refractivity contribution in [3.63, 3.8) is 0 Å². The second-order valence-electron chi connectivity index (χ2n) is 3.56. The lowest BCUT2D eigenvalue weighted by Gasteiger charge is -2.16. The molecule has 0 aliphatic heterocycles. The van der Waals surface area contributed by atoms with Gasteiger partial charge in [-0.05, 0) is 31.4 Å². The lowest BCUT2D eigenvalue weighted by atomic mass is 10.1. The van der Waals surface area contributed by atoms with Crippen LogP contribution < -0.4 is 4.74 Å². The van der Waals surface area contributed by atoms with Gasteiger partial charge in [0.25, 0.3) is 0 Å². The molecule has 0 bridgehead atoms. The fourth-order valence-corrected chi connectivity index (χ4v) is 1.48. The Labute approximate surface area is 95.8 Å². The Hall–Kier alpha value is -0.830. The molecular formula is C11H17ClN2O. The van der Waals surface area contributed by atoms with E-state index in [9.17, 15) is 0 Å². The number of halogens is 1. The van der Waals surface area contributed by atoms with E-state index in [2.05, 4.69) is 23.8 Å². The SMILES string of the molecule is CCCC(CC)Oc1nc(Cl)ncc1C. The van der Waals surface area contributed by atoms with Gasteiger partial charge in [0, 0.05) is 11.8 Å². The van der Waals surface area contributed by atoms with Crippen LogP contribution in [0.3, 0.4) is 0 Å². The molecule has 84 valence electrons. The van der Waals surface area contributed by atoms with Crippen molar-refractivity contribution in [1.29, 1.82) is 0 Å². The molecule has 1 heterocycles. The first-order chi connectivity index (χ1) is 7.17. The number of aryl methyl sites for hydroxylation is 1. The Balaban J connectivity index is 2.73. The van der Waals surface area contributed by atoms with E-state index in [1.165, 1.54) is 0 Å². The average molecular weight is 229 g/mol. The lowest BCUT2D eigenvalue weighted by molar-refractivity contribution is 0.176. The molecule has 0 fully saturated rings. The summed E-state index contributed by atoms with van der Waals surface area (Å²) in [6.07, 6.45) is 5.03. The van der Waals surface area contributed by atoms with Crippen LogP contribution in [0, 0.1) is 6.92 Å². The number of nitrogens with zero attached hydrogens (tertiary/aromatic N) is 2. The molecule has 0 spiro atoms. The molecule has 1 aromatic rings. The third kappa shape index (κ3) is 3.67. The standard InChI is InChI=1S/C11H17ClN2O/c1-4-6-9(5-2)15-10-8(3)7-13-11(12)14-10/h7,9H,4-6H2,1-3H3. The van der Waals surface area contributed by atoms with E-state index < -0.39 is 0 Å². The van der Waals surface area contributed by atoms with Crippen LogP contribution in [0.1, 0.15) is 38.7 Å². The fraction of sp³-hybridized carbons (Fsp3) is 0.636. The fourth-order valence-electron chi connectivity index (χ4n) is 1.35. The van der Waals surface area contributed by atoms with Gasteiger partial charge in [-0.25, -0.2) is 4.98 Å². The smallest absolute Gasteiger partial charge is 0.225 e. The number of rotatable bonds is 5. The summed E-state index contributed by atoms with van der Waals surface area (Å²) in [5.41, 5.74) is 0.925. The zero-order valence-electron chi connectivity index (χ0n) is 9.46. The van der Waals surface area contributed by atoms with Crippen molar-refractivity contribution < 1.29 is 4.74 Å². The number of ether oxygens (including phenoxy) is 1. The van der Waals surface area contributed by atoms with Gasteiger partial charge in [0.15, 0.2) is 0 Å². The van der Waals surface area contributed by atoms with Crippen molar-refractivity contribution in [2.45, 2.75) is 46.1 Å². The molecular weight excluding hydrogens is 212 g/mol. The van der Waals surface area contributed by atoms with Gasteiger partial charge in [-0.3, -0.25) is 0 Å². The first-order valence-corrected chi connectivity index (χ1v) is 5.71. The van der Waals surface area contributed by atoms with Crippen molar-refractivity contribution >= 4 is 11.6 Å². The third-order valence-corrected chi connectivity index (χ3v) is 2.42. The Bertz CT molecular complexity index is 317. The van der Waals surface area contributed by atoms with E-state index in [0.717, 1.165) is 24.8 Å². The highest BCUT2D eigenvalue weighted by Crippen LogP contribution is 2.19. The minimum atomic E-state index is 0.222. The second kappa shape index (κ2) is 5.91. The molecule has 1 atom stereocenters. The molecule has 0 radical (unpaired) electrons. The van der Waals surface area contributed by atoms with Gasteiger partial charge in [-0.15, -0.1) is 0 Å². The molecule has 1 rings (SSSR count). The van der Waals surface area contributed by atoms with Crippen LogP contribution in [0.2, 0.25) is 5.28 Å². The summed E-state index contributed by atoms with van der Waals surface area (Å²) in [5, 5.41) is 0.238. The topological polar surface area (TPSA) is 35.0 Å². The molecule has 4 heteroatoms. The van der Waals surface area contributed by atoms with Gasteiger partial charge in [0.1, 0.15) is 6.10 Å². The summed E-state index contributed by atoms with van der Waals surface area (Å²) in [5.74, 6) is 0.607. The summed E-state index contributed by atoms with van der Waals surface area (Å²) in [6, 6.07) is 0. The molecule has 1 aromatic heterocycles. The van der Waals surface area contributed by atoms with Crippen LogP contribution in [0.15, 0.2) is 6.20 Å². The van der Waals surface area contributed by atoms with E-state index in [0.29, 0.717) is 5.88 Å². The van der Waals surface area contributed by atoms with Gasteiger partial charge in [-0.1, -0.05) is 20.3 Å². The summed E-state index contributed by atoms with van der Waals surface area (Å²) in [4.78, 5) is 7.97. The van der Waals surface area contributed by atoms with Crippen LogP contribution in [0.25, 0.3) is 0 Å². The van der Waals surface area contributed by atoms with Crippen molar-refractivity contribution in [2.24, 2.45) is 0 Å². The predicted molar refractivity (Wildman–Crippen MR) is 61.4 cm³/mol. The van der Waals surface area contributed by atoms with Crippen molar-refractivity contribution in [3.05, 3.63) is 17.0 Å². The van der Waals surface area contributed by atoms with E-state index in [1.54, 1.807) is 6.20 Å². The summed E-state index contributed by atoms with van der Waals surface area (Å²) in [6.45, 7) is 6.18. The quantitative estimate of drug-likeness (QED) is 0.725. The zero-order chi connectivity index (χ0) is 11.3. The highest BCUT2D eigenvalue weighted by molar-refractivity contribution is 6.28. The van der Waals surface area contributed by atoms with Crippen LogP contribution in [-0.4, -0.2) is 16.1 Å². The Morgan fingerprint density at radius 2 is 2.20 bits per heavy atom. The summed E-state index contributed by atoms with van der Waals surface area (Å²) < 4.78 is 5.78. The van der Waals surface area contributed by atoms with Crippen molar-refractivity contribution in [1.82, 2.24) is 9.97 Å². The zero-order valence-corrected chi connectivity index (χ0v) is 10.2. The molecule has 3 nitrogen and oxygen atoms in total. The highest BCUT2D eigenvalue weighted by Gasteiger charge is 2.10. The first kappa shape index (κ1) is 12.2. The van der Waals surface area contributed by atoms with Gasteiger partial charge < -0.3 is 4.74 Å². The molecule has 0 saturated carbocycles. The molecule has 0 aliphatic carbocycles. The van der Waals surface area contributed by atoms with Gasteiger partial charge in [-0.2, -0.15) is 4.98 Å². The summed E-state index contributed by atoms with van der Waals surface area (Å²) >= 11 is 5.72. The second-order valence-corrected chi connectivity index (χ2v) is 3.90. The van der Waals surface area contributed by atoms with E-state index in [4.69, 9.17) is 16.3 Å². The molecule has 0 amide bonds. The Morgan fingerprint density at radius 1 is 1.47 bits per heavy atom. The molecule has 0 aromatic carbocycles. The maximum Gasteiger partial charge on any atom is 0.225 e. The van der Waals surface area contributed by atoms with Gasteiger partial charge in [0.2, 0.25) is 11.2 Å². The van der Waals surface area contributed by atoms with E-state index >= 15 is 0 Å². The first-order valence-electron chi connectivity index (χ1n) is 5.33. The molecule has 15 heavy (non-hydrogen) atoms. The molecule has 0 aliphatic rings. The molecule has 1 unspecified atom stereocenters. The normalized spacial score (nSPS) is 12.5. The minimum Gasteiger partial charge on any atom is -0.474 e. The highest BCUT2D eigenvalue weighted by atomic mass is 35.5. The van der Waals surface area contributed by atoms with E-state index in [1.807, 2.05) is 6.92 Å². The average Bonchev–Trinajstić information content (AvgIpc) is 2.22. The van der Waals surface area contributed by atoms with Crippen molar-refractivity contribution in [3.8, 4) is 5.88 Å². The number of hydrogen-bond donors (Lipinski definition) is 0. The summed E-state index contributed by atoms with van der Waals surface area (Å²) in [7, 11) is 0. The van der Waals surface area contributed by atoms with Crippen molar-refractivity contribution in [2.75, 3.05) is 0 Å². The Kier molecular flexibility index (Phi) is 4.82. The van der Waals surface area contributed by atoms with Gasteiger partial charge >= 0.3 is 0 Å². The van der Waals surface area contributed by atoms with Crippen LogP contribution in [0.5, 0.6) is 5.88 Å². The Morgan fingerprint density at radius 3 is 2.80 bits per heavy atom. The monoisotopic (exact) mass is 228 g/mol. The molecule has 0 N–H and O–H groups in total. The van der Waals surface area contributed by atoms with Crippen LogP contribution in [0.4, 0.5) is 0 Å². The van der Waals surface area contributed by atoms with Crippen LogP contribution >= 0.6 is 11.6 Å². The minimum absolute atomic E-state index is 0.222. The third-order valence-electron chi connectivity index (χ3n) is 2.24. The largest absolute Gasteiger partial charge is 0.474 e. The van der Waals surface area contributed by atoms with Gasteiger partial charge in [0.05, 0.1) is 0 Å². The van der Waals surface area contributed by atoms with E-state index in [-0.39, 0.29) is 11.4 Å². The molecule has 0 saturated heterocycles. The maximum atomic E-state index is 5.78.